The Kier molecular flexibility index (Phi) is 5.76. The van der Waals surface area contributed by atoms with Gasteiger partial charge in [0.1, 0.15) is 0 Å². The highest BCUT2D eigenvalue weighted by Crippen LogP contribution is 2.44. The average molecular weight is 406 g/mol. The van der Waals surface area contributed by atoms with E-state index < -0.39 is 10.0 Å². The largest absolute Gasteiger partial charge is 0.349 e. The lowest BCUT2D eigenvalue weighted by Crippen LogP contribution is -2.48. The number of nitrogens with one attached hydrogen (secondary N) is 1. The number of carbonyl (C=O) groups excluding carboxylic acids is 1. The molecule has 1 aliphatic heterocycles. The minimum absolute atomic E-state index is 0.0440. The van der Waals surface area contributed by atoms with Crippen LogP contribution >= 0.6 is 0 Å². The summed E-state index contributed by atoms with van der Waals surface area (Å²) in [6.45, 7) is 5.07. The molecule has 1 aromatic rings. The van der Waals surface area contributed by atoms with Crippen molar-refractivity contribution >= 4 is 15.9 Å². The van der Waals surface area contributed by atoms with Crippen LogP contribution in [0, 0.1) is 11.8 Å². The number of fused-ring (bicyclic) bond motifs is 2. The Labute approximate surface area is 168 Å². The van der Waals surface area contributed by atoms with Crippen molar-refractivity contribution in [3.05, 3.63) is 35.4 Å². The Morgan fingerprint density at radius 2 is 1.79 bits per heavy atom. The second-order valence-electron chi connectivity index (χ2n) is 8.53. The number of amides is 1. The van der Waals surface area contributed by atoms with Crippen LogP contribution in [-0.4, -0.2) is 61.5 Å². The van der Waals surface area contributed by atoms with Crippen LogP contribution < -0.4 is 5.32 Å². The number of carbonyl (C=O) groups is 1. The lowest BCUT2D eigenvalue weighted by atomic mass is 9.95. The molecule has 154 valence electrons. The van der Waals surface area contributed by atoms with E-state index >= 15 is 0 Å². The van der Waals surface area contributed by atoms with E-state index in [-0.39, 0.29) is 11.7 Å². The molecule has 3 unspecified atom stereocenters. The Bertz CT molecular complexity index is 801. The number of benzene rings is 1. The molecule has 3 fully saturated rings. The minimum Gasteiger partial charge on any atom is -0.349 e. The normalized spacial score (nSPS) is 28.5. The molecule has 7 heteroatoms. The van der Waals surface area contributed by atoms with E-state index in [1.807, 2.05) is 24.3 Å². The van der Waals surface area contributed by atoms with Crippen molar-refractivity contribution < 1.29 is 13.2 Å². The molecule has 4 rings (SSSR count). The summed E-state index contributed by atoms with van der Waals surface area (Å²) >= 11 is 0. The van der Waals surface area contributed by atoms with Gasteiger partial charge in [0.05, 0.1) is 5.75 Å². The molecule has 1 saturated heterocycles. The Balaban J connectivity index is 1.27. The fourth-order valence-corrected chi connectivity index (χ4v) is 6.13. The first kappa shape index (κ1) is 19.9. The molecule has 0 aromatic heterocycles. The first-order valence-electron chi connectivity index (χ1n) is 10.5. The fourth-order valence-electron chi connectivity index (χ4n) is 5.04. The summed E-state index contributed by atoms with van der Waals surface area (Å²) in [4.78, 5) is 14.8. The zero-order chi connectivity index (χ0) is 19.7. The Morgan fingerprint density at radius 1 is 1.07 bits per heavy atom. The summed E-state index contributed by atoms with van der Waals surface area (Å²) in [5.41, 5.74) is 1.88. The van der Waals surface area contributed by atoms with Gasteiger partial charge in [0.2, 0.25) is 10.0 Å². The molecule has 3 aliphatic rings. The third-order valence-electron chi connectivity index (χ3n) is 6.77. The molecule has 1 amide bonds. The van der Waals surface area contributed by atoms with Gasteiger partial charge in [-0.25, -0.2) is 8.42 Å². The van der Waals surface area contributed by atoms with Crippen LogP contribution in [-0.2, 0) is 16.6 Å². The first-order chi connectivity index (χ1) is 13.4. The smallest absolute Gasteiger partial charge is 0.251 e. The van der Waals surface area contributed by atoms with Crippen LogP contribution in [0.15, 0.2) is 24.3 Å². The summed E-state index contributed by atoms with van der Waals surface area (Å²) in [5, 5.41) is 3.24. The fraction of sp³-hybridized carbons (Fsp3) is 0.667. The lowest BCUT2D eigenvalue weighted by molar-refractivity contribution is 0.0923. The van der Waals surface area contributed by atoms with Crippen molar-refractivity contribution in [2.75, 3.05) is 31.9 Å². The topological polar surface area (TPSA) is 69.7 Å². The quantitative estimate of drug-likeness (QED) is 0.787. The highest BCUT2D eigenvalue weighted by atomic mass is 32.2. The third-order valence-corrected chi connectivity index (χ3v) is 8.65. The van der Waals surface area contributed by atoms with Crippen LogP contribution in [0.5, 0.6) is 0 Å². The summed E-state index contributed by atoms with van der Waals surface area (Å²) in [6, 6.07) is 8.22. The van der Waals surface area contributed by atoms with Crippen molar-refractivity contribution in [1.29, 1.82) is 0 Å². The number of hydrogen-bond donors (Lipinski definition) is 1. The standard InChI is InChI=1S/C21H31N3O3S/c1-2-28(26,27)24-11-9-23(10-12-24)15-16-3-6-18(7-4-16)21(25)22-20-14-17-5-8-19(20)13-17/h3-4,6-7,17,19-20H,2,5,8-15H2,1H3,(H,22,25). The highest BCUT2D eigenvalue weighted by molar-refractivity contribution is 7.89. The van der Waals surface area contributed by atoms with Gasteiger partial charge in [0.25, 0.3) is 5.91 Å². The van der Waals surface area contributed by atoms with Gasteiger partial charge in [-0.15, -0.1) is 0 Å². The zero-order valence-electron chi connectivity index (χ0n) is 16.6. The molecule has 2 bridgehead atoms. The molecule has 1 N–H and O–H groups in total. The van der Waals surface area contributed by atoms with Gasteiger partial charge in [-0.2, -0.15) is 4.31 Å². The molecule has 0 radical (unpaired) electrons. The Hall–Kier alpha value is -1.44. The van der Waals surface area contributed by atoms with Gasteiger partial charge in [-0.3, -0.25) is 9.69 Å². The summed E-state index contributed by atoms with van der Waals surface area (Å²) in [6.07, 6.45) is 5.04. The summed E-state index contributed by atoms with van der Waals surface area (Å²) < 4.78 is 25.5. The average Bonchev–Trinajstić information content (AvgIpc) is 3.32. The second kappa shape index (κ2) is 8.13. The molecule has 6 nitrogen and oxygen atoms in total. The zero-order valence-corrected chi connectivity index (χ0v) is 17.5. The number of nitrogens with zero attached hydrogens (tertiary/aromatic N) is 2. The van der Waals surface area contributed by atoms with Crippen LogP contribution in [0.1, 0.15) is 48.5 Å². The molecular formula is C21H31N3O3S. The van der Waals surface area contributed by atoms with Crippen molar-refractivity contribution in [1.82, 2.24) is 14.5 Å². The predicted molar refractivity (Wildman–Crippen MR) is 109 cm³/mol. The van der Waals surface area contributed by atoms with Crippen molar-refractivity contribution in [2.45, 2.75) is 45.2 Å². The van der Waals surface area contributed by atoms with Crippen molar-refractivity contribution in [3.8, 4) is 0 Å². The van der Waals surface area contributed by atoms with E-state index in [1.54, 1.807) is 11.2 Å². The molecule has 1 aromatic carbocycles. The van der Waals surface area contributed by atoms with E-state index in [0.717, 1.165) is 43.1 Å². The Morgan fingerprint density at radius 3 is 2.36 bits per heavy atom. The van der Waals surface area contributed by atoms with Crippen LogP contribution in [0.4, 0.5) is 0 Å². The maximum absolute atomic E-state index is 12.6. The monoisotopic (exact) mass is 405 g/mol. The van der Waals surface area contributed by atoms with Gasteiger partial charge in [-0.05, 0) is 55.7 Å². The maximum Gasteiger partial charge on any atom is 0.251 e. The third kappa shape index (κ3) is 4.26. The van der Waals surface area contributed by atoms with Crippen molar-refractivity contribution in [3.63, 3.8) is 0 Å². The van der Waals surface area contributed by atoms with Gasteiger partial charge in [-0.1, -0.05) is 18.6 Å². The van der Waals surface area contributed by atoms with Gasteiger partial charge < -0.3 is 5.32 Å². The maximum atomic E-state index is 12.6. The number of sulfonamides is 1. The SMILES string of the molecule is CCS(=O)(=O)N1CCN(Cc2ccc(C(=O)NC3CC4CCC3C4)cc2)CC1. The van der Waals surface area contributed by atoms with E-state index in [4.69, 9.17) is 0 Å². The summed E-state index contributed by atoms with van der Waals surface area (Å²) in [5.74, 6) is 1.72. The minimum atomic E-state index is -3.08. The van der Waals surface area contributed by atoms with E-state index in [0.29, 0.717) is 25.0 Å². The summed E-state index contributed by atoms with van der Waals surface area (Å²) in [7, 11) is -3.08. The first-order valence-corrected chi connectivity index (χ1v) is 12.2. The number of rotatable bonds is 6. The van der Waals surface area contributed by atoms with Gasteiger partial charge in [0, 0.05) is 44.3 Å². The lowest BCUT2D eigenvalue weighted by Gasteiger charge is -2.33. The molecular weight excluding hydrogens is 374 g/mol. The van der Waals surface area contributed by atoms with Crippen molar-refractivity contribution in [2.24, 2.45) is 11.8 Å². The van der Waals surface area contributed by atoms with E-state index in [1.165, 1.54) is 19.3 Å². The number of piperazine rings is 1. The van der Waals surface area contributed by atoms with Gasteiger partial charge in [0.15, 0.2) is 0 Å². The second-order valence-corrected chi connectivity index (χ2v) is 10.8. The highest BCUT2D eigenvalue weighted by Gasteiger charge is 2.40. The molecule has 2 saturated carbocycles. The van der Waals surface area contributed by atoms with Gasteiger partial charge >= 0.3 is 0 Å². The predicted octanol–water partition coefficient (Wildman–Crippen LogP) is 2.07. The molecule has 0 spiro atoms. The van der Waals surface area contributed by atoms with Crippen LogP contribution in [0.3, 0.4) is 0 Å². The molecule has 1 heterocycles. The molecule has 2 aliphatic carbocycles. The van der Waals surface area contributed by atoms with Crippen LogP contribution in [0.2, 0.25) is 0 Å². The molecule has 3 atom stereocenters. The van der Waals surface area contributed by atoms with E-state index in [2.05, 4.69) is 10.2 Å². The number of hydrogen-bond acceptors (Lipinski definition) is 4. The molecule has 28 heavy (non-hydrogen) atoms. The van der Waals surface area contributed by atoms with E-state index in [9.17, 15) is 13.2 Å². The van der Waals surface area contributed by atoms with Crippen LogP contribution in [0.25, 0.3) is 0 Å².